The van der Waals surface area contributed by atoms with Gasteiger partial charge in [-0.1, -0.05) is 18.6 Å². The Morgan fingerprint density at radius 1 is 1.03 bits per heavy atom. The van der Waals surface area contributed by atoms with Gasteiger partial charge in [-0.25, -0.2) is 0 Å². The molecule has 1 saturated carbocycles. The summed E-state index contributed by atoms with van der Waals surface area (Å²) < 4.78 is 5.88. The number of hydrogen-bond donors (Lipinski definition) is 2. The van der Waals surface area contributed by atoms with Gasteiger partial charge in [0.25, 0.3) is 11.8 Å². The normalized spacial score (nSPS) is 27.4. The number of carbonyl (C=O) groups excluding carboxylic acids is 3. The molecule has 3 N–H and O–H groups in total. The van der Waals surface area contributed by atoms with E-state index in [1.54, 1.807) is 11.0 Å². The van der Waals surface area contributed by atoms with Crippen LogP contribution in [0.5, 0.6) is 0 Å². The lowest BCUT2D eigenvalue weighted by Crippen LogP contribution is -2.47. The smallest absolute Gasteiger partial charge is 0.264 e. The van der Waals surface area contributed by atoms with E-state index in [9.17, 15) is 14.4 Å². The Balaban J connectivity index is 1.33. The fourth-order valence-electron chi connectivity index (χ4n) is 6.17. The van der Waals surface area contributed by atoms with Crippen LogP contribution >= 0.6 is 22.7 Å². The standard InChI is InChI=1S/C28H38N4O4S2/c29-15-19-5-1-6-20(13-19)16-30-26(33)23-14-21(17-32(23)28(35)25-9-4-12-38-25)31(18-22-7-2-10-36-22)27(34)24-8-3-11-37-24/h3-4,8-9,11-12,19-23H,1-2,5-7,10,13-18,29H2,(H,30,33). The van der Waals surface area contributed by atoms with Crippen LogP contribution in [0.25, 0.3) is 0 Å². The number of nitrogens with two attached hydrogens (primary N) is 1. The van der Waals surface area contributed by atoms with Crippen molar-refractivity contribution in [3.8, 4) is 0 Å². The van der Waals surface area contributed by atoms with Gasteiger partial charge in [-0.3, -0.25) is 14.4 Å². The van der Waals surface area contributed by atoms with Crippen molar-refractivity contribution < 1.29 is 19.1 Å². The Morgan fingerprint density at radius 2 is 1.79 bits per heavy atom. The van der Waals surface area contributed by atoms with Crippen LogP contribution in [0.1, 0.15) is 64.3 Å². The molecule has 2 aromatic heterocycles. The predicted molar refractivity (Wildman–Crippen MR) is 149 cm³/mol. The van der Waals surface area contributed by atoms with Gasteiger partial charge in [-0.05, 0) is 79.8 Å². The highest BCUT2D eigenvalue weighted by atomic mass is 32.1. The topological polar surface area (TPSA) is 105 Å². The van der Waals surface area contributed by atoms with Gasteiger partial charge >= 0.3 is 0 Å². The molecule has 0 aromatic carbocycles. The van der Waals surface area contributed by atoms with Gasteiger partial charge in [0, 0.05) is 26.2 Å². The highest BCUT2D eigenvalue weighted by Gasteiger charge is 2.44. The van der Waals surface area contributed by atoms with Crippen LogP contribution in [-0.2, 0) is 9.53 Å². The zero-order chi connectivity index (χ0) is 26.5. The van der Waals surface area contributed by atoms with Gasteiger partial charge < -0.3 is 25.6 Å². The molecule has 8 nitrogen and oxygen atoms in total. The monoisotopic (exact) mass is 558 g/mol. The molecule has 38 heavy (non-hydrogen) atoms. The highest BCUT2D eigenvalue weighted by Crippen LogP contribution is 2.30. The molecule has 0 bridgehead atoms. The molecule has 3 fully saturated rings. The number of rotatable bonds is 9. The van der Waals surface area contributed by atoms with Gasteiger partial charge in [0.2, 0.25) is 5.91 Å². The lowest BCUT2D eigenvalue weighted by molar-refractivity contribution is -0.125. The van der Waals surface area contributed by atoms with Crippen LogP contribution in [-0.4, -0.2) is 78.5 Å². The molecule has 5 rings (SSSR count). The molecule has 5 unspecified atom stereocenters. The van der Waals surface area contributed by atoms with Crippen LogP contribution in [0, 0.1) is 11.8 Å². The van der Waals surface area contributed by atoms with Gasteiger partial charge in [0.15, 0.2) is 0 Å². The van der Waals surface area contributed by atoms with Crippen molar-refractivity contribution in [3.05, 3.63) is 44.8 Å². The van der Waals surface area contributed by atoms with Crippen molar-refractivity contribution in [1.29, 1.82) is 0 Å². The quantitative estimate of drug-likeness (QED) is 0.489. The van der Waals surface area contributed by atoms with Gasteiger partial charge in [0.05, 0.1) is 21.9 Å². The Hall–Kier alpha value is -2.27. The SMILES string of the molecule is NCC1CCCC(CNC(=O)C2CC(N(CC3CCCO3)C(=O)c3cccs3)CN2C(=O)c2cccs2)C1. The average molecular weight is 559 g/mol. The maximum absolute atomic E-state index is 13.6. The number of thiophene rings is 2. The molecule has 0 radical (unpaired) electrons. The second-order valence-corrected chi connectivity index (χ2v) is 12.7. The van der Waals surface area contributed by atoms with E-state index in [1.165, 1.54) is 22.7 Å². The van der Waals surface area contributed by atoms with Gasteiger partial charge in [-0.2, -0.15) is 0 Å². The molecule has 2 aromatic rings. The molecule has 5 atom stereocenters. The summed E-state index contributed by atoms with van der Waals surface area (Å²) in [5, 5.41) is 6.93. The van der Waals surface area contributed by atoms with Crippen LogP contribution in [0.4, 0.5) is 0 Å². The minimum absolute atomic E-state index is 0.0185. The van der Waals surface area contributed by atoms with E-state index in [0.717, 1.165) is 38.5 Å². The Kier molecular flexibility index (Phi) is 9.14. The van der Waals surface area contributed by atoms with Crippen molar-refractivity contribution in [2.75, 3.05) is 32.8 Å². The number of hydrogen-bond acceptors (Lipinski definition) is 7. The Morgan fingerprint density at radius 3 is 2.47 bits per heavy atom. The summed E-state index contributed by atoms with van der Waals surface area (Å²) in [5.41, 5.74) is 5.91. The van der Waals surface area contributed by atoms with Crippen molar-refractivity contribution in [1.82, 2.24) is 15.1 Å². The minimum Gasteiger partial charge on any atom is -0.376 e. The summed E-state index contributed by atoms with van der Waals surface area (Å²) in [6, 6.07) is 6.48. The molecular weight excluding hydrogens is 520 g/mol. The largest absolute Gasteiger partial charge is 0.376 e. The molecule has 3 aliphatic rings. The molecule has 10 heteroatoms. The molecule has 0 spiro atoms. The molecule has 2 aliphatic heterocycles. The fourth-order valence-corrected chi connectivity index (χ4v) is 7.52. The third kappa shape index (κ3) is 6.30. The molecule has 3 amide bonds. The fraction of sp³-hybridized carbons (Fsp3) is 0.607. The summed E-state index contributed by atoms with van der Waals surface area (Å²) in [6.07, 6.45) is 6.72. The number of likely N-dealkylation sites (tertiary alicyclic amines) is 1. The number of amides is 3. The minimum atomic E-state index is -0.619. The van der Waals surface area contributed by atoms with E-state index < -0.39 is 6.04 Å². The van der Waals surface area contributed by atoms with Crippen LogP contribution < -0.4 is 11.1 Å². The first-order valence-electron chi connectivity index (χ1n) is 13.8. The Bertz CT molecular complexity index is 1070. The van der Waals surface area contributed by atoms with E-state index in [1.807, 2.05) is 33.9 Å². The van der Waals surface area contributed by atoms with Gasteiger partial charge in [-0.15, -0.1) is 22.7 Å². The van der Waals surface area contributed by atoms with Crippen LogP contribution in [0.2, 0.25) is 0 Å². The maximum atomic E-state index is 13.6. The highest BCUT2D eigenvalue weighted by molar-refractivity contribution is 7.12. The molecular formula is C28H38N4O4S2. The summed E-state index contributed by atoms with van der Waals surface area (Å²) in [6.45, 7) is 2.80. The van der Waals surface area contributed by atoms with Crippen molar-refractivity contribution in [2.45, 2.75) is 63.1 Å². The van der Waals surface area contributed by atoms with E-state index in [4.69, 9.17) is 10.5 Å². The van der Waals surface area contributed by atoms with Crippen LogP contribution in [0.15, 0.2) is 35.0 Å². The first-order valence-corrected chi connectivity index (χ1v) is 15.6. The zero-order valence-electron chi connectivity index (χ0n) is 21.8. The number of nitrogens with zero attached hydrogens (tertiary/aromatic N) is 2. The number of ether oxygens (including phenoxy) is 1. The Labute approximate surface area is 232 Å². The molecule has 206 valence electrons. The van der Waals surface area contributed by atoms with Crippen molar-refractivity contribution in [2.24, 2.45) is 17.6 Å². The van der Waals surface area contributed by atoms with E-state index >= 15 is 0 Å². The summed E-state index contributed by atoms with van der Waals surface area (Å²) >= 11 is 2.79. The molecule has 2 saturated heterocycles. The van der Waals surface area contributed by atoms with E-state index in [0.29, 0.717) is 60.8 Å². The lowest BCUT2D eigenvalue weighted by atomic mass is 9.81. The van der Waals surface area contributed by atoms with Crippen LogP contribution in [0.3, 0.4) is 0 Å². The van der Waals surface area contributed by atoms with E-state index in [2.05, 4.69) is 5.32 Å². The third-order valence-electron chi connectivity index (χ3n) is 8.22. The first-order chi connectivity index (χ1) is 18.5. The van der Waals surface area contributed by atoms with Crippen molar-refractivity contribution in [3.63, 3.8) is 0 Å². The van der Waals surface area contributed by atoms with Gasteiger partial charge in [0.1, 0.15) is 6.04 Å². The third-order valence-corrected chi connectivity index (χ3v) is 9.94. The number of nitrogens with one attached hydrogen (secondary N) is 1. The maximum Gasteiger partial charge on any atom is 0.264 e. The molecule has 1 aliphatic carbocycles. The number of carbonyl (C=O) groups is 3. The van der Waals surface area contributed by atoms with Crippen molar-refractivity contribution >= 4 is 40.4 Å². The predicted octanol–water partition coefficient (Wildman–Crippen LogP) is 3.60. The molecule has 4 heterocycles. The lowest BCUT2D eigenvalue weighted by Gasteiger charge is -2.30. The summed E-state index contributed by atoms with van der Waals surface area (Å²) in [7, 11) is 0. The zero-order valence-corrected chi connectivity index (χ0v) is 23.4. The summed E-state index contributed by atoms with van der Waals surface area (Å²) in [4.78, 5) is 45.6. The average Bonchev–Trinajstić information content (AvgIpc) is 3.77. The second-order valence-electron chi connectivity index (χ2n) is 10.8. The second kappa shape index (κ2) is 12.7. The first kappa shape index (κ1) is 27.3. The van der Waals surface area contributed by atoms with E-state index in [-0.39, 0.29) is 29.9 Å². The summed E-state index contributed by atoms with van der Waals surface area (Å²) in [5.74, 6) is 0.599.